The number of benzene rings is 2. The van der Waals surface area contributed by atoms with Gasteiger partial charge in [-0.1, -0.05) is 12.2 Å². The van der Waals surface area contributed by atoms with Crippen molar-refractivity contribution in [3.05, 3.63) is 53.3 Å². The van der Waals surface area contributed by atoms with E-state index in [4.69, 9.17) is 8.83 Å². The first kappa shape index (κ1) is 13.8. The summed E-state index contributed by atoms with van der Waals surface area (Å²) in [6.45, 7) is 5.51. The molecule has 0 aliphatic carbocycles. The number of furan rings is 2. The molecule has 0 atom stereocenters. The molecule has 0 aliphatic heterocycles. The second kappa shape index (κ2) is 4.85. The number of aryl methyl sites for hydroxylation is 1. The van der Waals surface area contributed by atoms with Gasteiger partial charge in [0.05, 0.1) is 0 Å². The summed E-state index contributed by atoms with van der Waals surface area (Å²) in [5, 5.41) is 2.95. The molecule has 2 aromatic heterocycles. The average Bonchev–Trinajstić information content (AvgIpc) is 3.05. The number of carbonyl (C=O) groups excluding carboxylic acids is 1. The van der Waals surface area contributed by atoms with E-state index >= 15 is 0 Å². The highest BCUT2D eigenvalue weighted by atomic mass is 16.4. The third-order valence-electron chi connectivity index (χ3n) is 4.26. The average molecular weight is 304 g/mol. The van der Waals surface area contributed by atoms with Crippen LogP contribution in [0.2, 0.25) is 0 Å². The summed E-state index contributed by atoms with van der Waals surface area (Å²) in [6, 6.07) is 9.62. The van der Waals surface area contributed by atoms with Gasteiger partial charge in [0.25, 0.3) is 0 Å². The maximum absolute atomic E-state index is 11.6. The Bertz CT molecular complexity index is 1110. The molecule has 0 N–H and O–H groups in total. The zero-order chi connectivity index (χ0) is 16.1. The number of fused-ring (bicyclic) bond motifs is 5. The maximum Gasteiger partial charge on any atom is 0.178 e. The van der Waals surface area contributed by atoms with E-state index < -0.39 is 0 Å². The van der Waals surface area contributed by atoms with Crippen LogP contribution in [0.5, 0.6) is 0 Å². The van der Waals surface area contributed by atoms with Crippen molar-refractivity contribution in [2.75, 3.05) is 0 Å². The van der Waals surface area contributed by atoms with Gasteiger partial charge in [0, 0.05) is 27.3 Å². The number of hydrogen-bond acceptors (Lipinski definition) is 3. The Balaban J connectivity index is 2.13. The van der Waals surface area contributed by atoms with Crippen LogP contribution in [-0.2, 0) is 0 Å². The van der Waals surface area contributed by atoms with Crippen LogP contribution in [0.15, 0.2) is 45.2 Å². The van der Waals surface area contributed by atoms with Crippen LogP contribution >= 0.6 is 0 Å². The van der Waals surface area contributed by atoms with Gasteiger partial charge in [-0.3, -0.25) is 4.79 Å². The Hall–Kier alpha value is -2.81. The molecule has 0 bridgehead atoms. The van der Waals surface area contributed by atoms with Crippen molar-refractivity contribution >= 4 is 44.8 Å². The van der Waals surface area contributed by atoms with Crippen LogP contribution < -0.4 is 0 Å². The van der Waals surface area contributed by atoms with E-state index in [-0.39, 0.29) is 5.78 Å². The summed E-state index contributed by atoms with van der Waals surface area (Å²) in [6.07, 6.45) is 4.04. The molecule has 3 nitrogen and oxygen atoms in total. The molecule has 0 unspecified atom stereocenters. The molecule has 0 radical (unpaired) electrons. The van der Waals surface area contributed by atoms with E-state index in [1.807, 2.05) is 44.2 Å². The van der Waals surface area contributed by atoms with Crippen molar-refractivity contribution in [2.24, 2.45) is 0 Å². The molecule has 0 aliphatic rings. The first-order chi connectivity index (χ1) is 11.1. The van der Waals surface area contributed by atoms with E-state index in [2.05, 4.69) is 6.07 Å². The molecule has 0 saturated heterocycles. The van der Waals surface area contributed by atoms with Crippen LogP contribution in [0, 0.1) is 6.92 Å². The Morgan fingerprint density at radius 3 is 2.48 bits per heavy atom. The molecular weight excluding hydrogens is 288 g/mol. The molecule has 2 aromatic carbocycles. The van der Waals surface area contributed by atoms with E-state index in [0.717, 1.165) is 44.2 Å². The topological polar surface area (TPSA) is 43.4 Å². The summed E-state index contributed by atoms with van der Waals surface area (Å²) in [5.74, 6) is 0.919. The van der Waals surface area contributed by atoms with Crippen molar-refractivity contribution in [1.82, 2.24) is 0 Å². The van der Waals surface area contributed by atoms with Gasteiger partial charge < -0.3 is 8.83 Å². The molecule has 4 aromatic rings. The normalized spacial score (nSPS) is 12.1. The molecule has 2 heterocycles. The summed E-state index contributed by atoms with van der Waals surface area (Å²) in [4.78, 5) is 11.6. The largest absolute Gasteiger partial charge is 0.457 e. The number of allylic oxidation sites excluding steroid dienone is 1. The van der Waals surface area contributed by atoms with Gasteiger partial charge in [0.1, 0.15) is 11.3 Å². The lowest BCUT2D eigenvalue weighted by Gasteiger charge is -1.95. The van der Waals surface area contributed by atoms with Gasteiger partial charge in [-0.2, -0.15) is 0 Å². The first-order valence-corrected chi connectivity index (χ1v) is 7.62. The predicted molar refractivity (Wildman–Crippen MR) is 92.9 cm³/mol. The Kier molecular flexibility index (Phi) is 2.91. The molecule has 0 amide bonds. The van der Waals surface area contributed by atoms with E-state index in [0.29, 0.717) is 5.56 Å². The lowest BCUT2D eigenvalue weighted by molar-refractivity contribution is 0.101. The summed E-state index contributed by atoms with van der Waals surface area (Å²) >= 11 is 0. The highest BCUT2D eigenvalue weighted by Gasteiger charge is 2.17. The fourth-order valence-corrected chi connectivity index (χ4v) is 3.12. The van der Waals surface area contributed by atoms with Crippen LogP contribution in [0.4, 0.5) is 0 Å². The van der Waals surface area contributed by atoms with Crippen LogP contribution in [-0.4, -0.2) is 5.78 Å². The number of ketones is 1. The summed E-state index contributed by atoms with van der Waals surface area (Å²) in [5.41, 5.74) is 4.02. The van der Waals surface area contributed by atoms with E-state index in [9.17, 15) is 4.79 Å². The van der Waals surface area contributed by atoms with Gasteiger partial charge in [0.15, 0.2) is 16.9 Å². The van der Waals surface area contributed by atoms with Gasteiger partial charge in [-0.25, -0.2) is 0 Å². The monoisotopic (exact) mass is 304 g/mol. The molecule has 23 heavy (non-hydrogen) atoms. The van der Waals surface area contributed by atoms with Gasteiger partial charge >= 0.3 is 0 Å². The Morgan fingerprint density at radius 2 is 1.74 bits per heavy atom. The third kappa shape index (κ3) is 1.93. The van der Waals surface area contributed by atoms with E-state index in [1.165, 1.54) is 0 Å². The van der Waals surface area contributed by atoms with E-state index in [1.54, 1.807) is 13.0 Å². The molecule has 114 valence electrons. The smallest absolute Gasteiger partial charge is 0.178 e. The highest BCUT2D eigenvalue weighted by molar-refractivity contribution is 6.15. The van der Waals surface area contributed by atoms with Crippen molar-refractivity contribution in [3.8, 4) is 0 Å². The second-order valence-electron chi connectivity index (χ2n) is 5.76. The summed E-state index contributed by atoms with van der Waals surface area (Å²) < 4.78 is 12.0. The Labute approximate surface area is 133 Å². The summed E-state index contributed by atoms with van der Waals surface area (Å²) in [7, 11) is 0. The number of carbonyl (C=O) groups is 1. The molecular formula is C20H16O3. The fraction of sp³-hybridized carbons (Fsp3) is 0.150. The molecule has 0 spiro atoms. The maximum atomic E-state index is 11.6. The highest BCUT2D eigenvalue weighted by Crippen LogP contribution is 2.38. The van der Waals surface area contributed by atoms with Crippen molar-refractivity contribution in [2.45, 2.75) is 20.8 Å². The van der Waals surface area contributed by atoms with Gasteiger partial charge in [0.2, 0.25) is 0 Å². The fourth-order valence-electron chi connectivity index (χ4n) is 3.12. The van der Waals surface area contributed by atoms with Crippen molar-refractivity contribution in [1.29, 1.82) is 0 Å². The van der Waals surface area contributed by atoms with Crippen LogP contribution in [0.3, 0.4) is 0 Å². The number of hydrogen-bond donors (Lipinski definition) is 0. The molecule has 3 heteroatoms. The Morgan fingerprint density at radius 1 is 1.00 bits per heavy atom. The molecule has 4 rings (SSSR count). The first-order valence-electron chi connectivity index (χ1n) is 7.62. The van der Waals surface area contributed by atoms with Crippen molar-refractivity contribution in [3.63, 3.8) is 0 Å². The standard InChI is InChI=1S/C20H16O3/c1-4-5-14-12(3)22-19-15(14)7-8-16-17-10-13(11(2)21)6-9-18(17)23-20(16)19/h4-10H,1-3H3/b5-4-. The van der Waals surface area contributed by atoms with Gasteiger partial charge in [-0.15, -0.1) is 0 Å². The lowest BCUT2D eigenvalue weighted by atomic mass is 10.0. The SMILES string of the molecule is C/C=C\c1c(C)oc2c1ccc1c3cc(C(C)=O)ccc3oc12. The molecule has 0 fully saturated rings. The minimum absolute atomic E-state index is 0.0477. The second-order valence-corrected chi connectivity index (χ2v) is 5.76. The quantitative estimate of drug-likeness (QED) is 0.434. The predicted octanol–water partition coefficient (Wildman–Crippen LogP) is 5.88. The van der Waals surface area contributed by atoms with Crippen LogP contribution in [0.25, 0.3) is 39.0 Å². The minimum atomic E-state index is 0.0477. The minimum Gasteiger partial charge on any atom is -0.457 e. The molecule has 0 saturated carbocycles. The number of rotatable bonds is 2. The van der Waals surface area contributed by atoms with Crippen molar-refractivity contribution < 1.29 is 13.6 Å². The van der Waals surface area contributed by atoms with Gasteiger partial charge in [-0.05, 0) is 51.1 Å². The number of Topliss-reactive ketones (excluding diaryl/α,β-unsaturated/α-hetero) is 1. The lowest BCUT2D eigenvalue weighted by Crippen LogP contribution is -1.89. The zero-order valence-corrected chi connectivity index (χ0v) is 13.3. The zero-order valence-electron chi connectivity index (χ0n) is 13.3. The van der Waals surface area contributed by atoms with Crippen LogP contribution in [0.1, 0.15) is 35.5 Å². The third-order valence-corrected chi connectivity index (χ3v) is 4.26.